The lowest BCUT2D eigenvalue weighted by Crippen LogP contribution is -2.47. The van der Waals surface area contributed by atoms with Crippen molar-refractivity contribution in [2.24, 2.45) is 0 Å². The van der Waals surface area contributed by atoms with E-state index in [1.165, 1.54) is 6.92 Å². The van der Waals surface area contributed by atoms with Gasteiger partial charge in [-0.2, -0.15) is 0 Å². The molecule has 3 rings (SSSR count). The Morgan fingerprint density at radius 2 is 1.85 bits per heavy atom. The molecule has 2 atom stereocenters. The van der Waals surface area contributed by atoms with E-state index in [1.807, 2.05) is 19.1 Å². The molecule has 1 saturated heterocycles. The van der Waals surface area contributed by atoms with Crippen LogP contribution in [-0.4, -0.2) is 28.8 Å². The fraction of sp³-hybridized carbons (Fsp3) is 0.250. The third kappa shape index (κ3) is 3.53. The van der Waals surface area contributed by atoms with E-state index in [2.05, 4.69) is 10.6 Å². The Morgan fingerprint density at radius 1 is 1.19 bits per heavy atom. The minimum Gasteiger partial charge on any atom is -0.324 e. The number of hydrogen-bond donors (Lipinski definition) is 2. The lowest BCUT2D eigenvalue weighted by molar-refractivity contribution is -0.136. The van der Waals surface area contributed by atoms with Crippen LogP contribution in [0, 0.1) is 6.92 Å². The highest BCUT2D eigenvalue weighted by atomic mass is 35.5. The average molecular weight is 386 g/mol. The highest BCUT2D eigenvalue weighted by Crippen LogP contribution is 2.30. The number of benzene rings is 2. The van der Waals surface area contributed by atoms with Gasteiger partial charge < -0.3 is 10.6 Å². The van der Waals surface area contributed by atoms with Crippen molar-refractivity contribution in [3.8, 4) is 0 Å². The molecule has 0 unspecified atom stereocenters. The number of hydrogen-bond acceptors (Lipinski definition) is 3. The number of halogens is 1. The van der Waals surface area contributed by atoms with Crippen molar-refractivity contribution < 1.29 is 14.4 Å². The molecule has 1 fully saturated rings. The Hall–Kier alpha value is -2.86. The second-order valence-electron chi connectivity index (χ2n) is 6.77. The number of nitrogens with zero attached hydrogens (tertiary/aromatic N) is 1. The van der Waals surface area contributed by atoms with Gasteiger partial charge in [0, 0.05) is 10.7 Å². The fourth-order valence-corrected chi connectivity index (χ4v) is 3.22. The molecule has 6 nitrogen and oxygen atoms in total. The normalized spacial score (nSPS) is 20.4. The van der Waals surface area contributed by atoms with Gasteiger partial charge in [0.2, 0.25) is 5.91 Å². The van der Waals surface area contributed by atoms with E-state index in [-0.39, 0.29) is 0 Å². The Morgan fingerprint density at radius 3 is 2.48 bits per heavy atom. The van der Waals surface area contributed by atoms with Crippen molar-refractivity contribution in [3.63, 3.8) is 0 Å². The minimum atomic E-state index is -1.21. The maximum atomic E-state index is 13.0. The number of amides is 4. The summed E-state index contributed by atoms with van der Waals surface area (Å²) in [6.45, 7) is 5.09. The molecule has 1 aliphatic rings. The number of rotatable bonds is 4. The lowest BCUT2D eigenvalue weighted by Gasteiger charge is -2.24. The molecule has 2 aromatic rings. The van der Waals surface area contributed by atoms with Crippen LogP contribution in [0.3, 0.4) is 0 Å². The van der Waals surface area contributed by atoms with Crippen LogP contribution in [0.1, 0.15) is 25.0 Å². The van der Waals surface area contributed by atoms with E-state index in [9.17, 15) is 14.4 Å². The summed E-state index contributed by atoms with van der Waals surface area (Å²) in [6, 6.07) is 12.4. The molecule has 2 aromatic carbocycles. The first-order valence-corrected chi connectivity index (χ1v) is 8.89. The van der Waals surface area contributed by atoms with Crippen LogP contribution < -0.4 is 10.6 Å². The first-order valence-electron chi connectivity index (χ1n) is 8.52. The maximum Gasteiger partial charge on any atom is 0.326 e. The quantitative estimate of drug-likeness (QED) is 0.791. The third-order valence-corrected chi connectivity index (χ3v) is 4.95. The van der Waals surface area contributed by atoms with Crippen LogP contribution in [0.2, 0.25) is 5.02 Å². The van der Waals surface area contributed by atoms with Crippen LogP contribution >= 0.6 is 11.6 Å². The van der Waals surface area contributed by atoms with Gasteiger partial charge in [0.15, 0.2) is 0 Å². The second kappa shape index (κ2) is 7.04. The Balaban J connectivity index is 1.81. The standard InChI is InChI=1S/C20H20ClN3O3/c1-12-7-9-14(10-8-12)20(3)18(26)24(19(27)23-20)13(2)17(25)22-16-6-4-5-15(21)11-16/h4-11,13H,1-3H3,(H,22,25)(H,23,27)/t13-,20-/m0/s1. The first-order chi connectivity index (χ1) is 12.7. The van der Waals surface area contributed by atoms with E-state index in [4.69, 9.17) is 11.6 Å². The van der Waals surface area contributed by atoms with Gasteiger partial charge in [-0.05, 0) is 44.5 Å². The highest BCUT2D eigenvalue weighted by molar-refractivity contribution is 6.30. The van der Waals surface area contributed by atoms with E-state index < -0.39 is 29.4 Å². The molecule has 0 aromatic heterocycles. The molecule has 0 aliphatic carbocycles. The molecule has 27 heavy (non-hydrogen) atoms. The molecule has 140 valence electrons. The molecular weight excluding hydrogens is 366 g/mol. The summed E-state index contributed by atoms with van der Waals surface area (Å²) in [5.74, 6) is -0.945. The molecule has 0 saturated carbocycles. The maximum absolute atomic E-state index is 13.0. The number of carbonyl (C=O) groups excluding carboxylic acids is 3. The van der Waals surface area contributed by atoms with Gasteiger partial charge in [-0.3, -0.25) is 9.59 Å². The SMILES string of the molecule is Cc1ccc([C@]2(C)NC(=O)N([C@@H](C)C(=O)Nc3cccc(Cl)c3)C2=O)cc1. The van der Waals surface area contributed by atoms with Gasteiger partial charge >= 0.3 is 6.03 Å². The molecule has 0 spiro atoms. The van der Waals surface area contributed by atoms with Crippen LogP contribution in [0.4, 0.5) is 10.5 Å². The molecule has 1 aliphatic heterocycles. The third-order valence-electron chi connectivity index (χ3n) is 4.71. The number of urea groups is 1. The first kappa shape index (κ1) is 18.9. The van der Waals surface area contributed by atoms with Gasteiger partial charge in [0.1, 0.15) is 11.6 Å². The number of anilines is 1. The minimum absolute atomic E-state index is 0.468. The van der Waals surface area contributed by atoms with Gasteiger partial charge in [-0.1, -0.05) is 47.5 Å². The van der Waals surface area contributed by atoms with Crippen molar-refractivity contribution in [2.45, 2.75) is 32.4 Å². The molecular formula is C20H20ClN3O3. The number of imide groups is 1. The van der Waals surface area contributed by atoms with Crippen molar-refractivity contribution >= 4 is 35.1 Å². The van der Waals surface area contributed by atoms with Crippen molar-refractivity contribution in [2.75, 3.05) is 5.32 Å². The monoisotopic (exact) mass is 385 g/mol. The predicted molar refractivity (Wildman–Crippen MR) is 103 cm³/mol. The van der Waals surface area contributed by atoms with E-state index >= 15 is 0 Å². The van der Waals surface area contributed by atoms with Crippen molar-refractivity contribution in [1.82, 2.24) is 10.2 Å². The number of aryl methyl sites for hydroxylation is 1. The van der Waals surface area contributed by atoms with Crippen molar-refractivity contribution in [3.05, 3.63) is 64.7 Å². The highest BCUT2D eigenvalue weighted by Gasteiger charge is 2.51. The zero-order chi connectivity index (χ0) is 19.8. The Bertz CT molecular complexity index is 913. The Labute approximate surface area is 162 Å². The zero-order valence-electron chi connectivity index (χ0n) is 15.2. The Kier molecular flexibility index (Phi) is 4.93. The second-order valence-corrected chi connectivity index (χ2v) is 7.21. The summed E-state index contributed by atoms with van der Waals surface area (Å²) in [7, 11) is 0. The van der Waals surface area contributed by atoms with Crippen LogP contribution in [0.15, 0.2) is 48.5 Å². The molecule has 1 heterocycles. The van der Waals surface area contributed by atoms with Crippen molar-refractivity contribution in [1.29, 1.82) is 0 Å². The van der Waals surface area contributed by atoms with Gasteiger partial charge in [-0.25, -0.2) is 9.69 Å². The van der Waals surface area contributed by atoms with Crippen LogP contribution in [-0.2, 0) is 15.1 Å². The summed E-state index contributed by atoms with van der Waals surface area (Å²) in [5, 5.41) is 5.86. The fourth-order valence-electron chi connectivity index (χ4n) is 3.03. The van der Waals surface area contributed by atoms with Crippen LogP contribution in [0.5, 0.6) is 0 Å². The van der Waals surface area contributed by atoms with E-state index in [0.717, 1.165) is 10.5 Å². The predicted octanol–water partition coefficient (Wildman–Crippen LogP) is 3.44. The average Bonchev–Trinajstić information content (AvgIpc) is 2.84. The summed E-state index contributed by atoms with van der Waals surface area (Å²) in [5.41, 5.74) is 0.990. The largest absolute Gasteiger partial charge is 0.326 e. The smallest absolute Gasteiger partial charge is 0.324 e. The molecule has 2 N–H and O–H groups in total. The van der Waals surface area contributed by atoms with Gasteiger partial charge in [0.25, 0.3) is 5.91 Å². The summed E-state index contributed by atoms with van der Waals surface area (Å²) in [4.78, 5) is 39.0. The number of carbonyl (C=O) groups is 3. The summed E-state index contributed by atoms with van der Waals surface area (Å²) >= 11 is 5.92. The summed E-state index contributed by atoms with van der Waals surface area (Å²) < 4.78 is 0. The summed E-state index contributed by atoms with van der Waals surface area (Å²) in [6.07, 6.45) is 0. The molecule has 0 bridgehead atoms. The topological polar surface area (TPSA) is 78.5 Å². The lowest BCUT2D eigenvalue weighted by atomic mass is 9.91. The van der Waals surface area contributed by atoms with Crippen LogP contribution in [0.25, 0.3) is 0 Å². The van der Waals surface area contributed by atoms with E-state index in [0.29, 0.717) is 16.3 Å². The number of nitrogens with one attached hydrogen (secondary N) is 2. The van der Waals surface area contributed by atoms with Gasteiger partial charge in [-0.15, -0.1) is 0 Å². The zero-order valence-corrected chi connectivity index (χ0v) is 16.0. The molecule has 0 radical (unpaired) electrons. The van der Waals surface area contributed by atoms with Gasteiger partial charge in [0.05, 0.1) is 0 Å². The van der Waals surface area contributed by atoms with E-state index in [1.54, 1.807) is 43.3 Å². The molecule has 7 heteroatoms. The molecule has 4 amide bonds.